The van der Waals surface area contributed by atoms with Crippen molar-refractivity contribution in [1.82, 2.24) is 0 Å². The number of nitrogens with one attached hydrogen (secondary N) is 1. The summed E-state index contributed by atoms with van der Waals surface area (Å²) in [4.78, 5) is 11.6. The molecule has 2 aromatic carbocycles. The fourth-order valence-corrected chi connectivity index (χ4v) is 4.63. The summed E-state index contributed by atoms with van der Waals surface area (Å²) >= 11 is 5.94. The molecule has 0 saturated carbocycles. The van der Waals surface area contributed by atoms with Gasteiger partial charge in [-0.1, -0.05) is 23.7 Å². The number of rotatable bonds is 5. The minimum Gasteiger partial charge on any atom is -0.365 e. The van der Waals surface area contributed by atoms with Gasteiger partial charge in [-0.05, 0) is 37.1 Å². The molecule has 0 bridgehead atoms. The normalized spacial score (nSPS) is 17.6. The number of para-hydroxylation sites is 1. The number of anilines is 2. The van der Waals surface area contributed by atoms with E-state index in [1.165, 1.54) is 17.0 Å². The van der Waals surface area contributed by atoms with Gasteiger partial charge in [-0.15, -0.1) is 0 Å². The van der Waals surface area contributed by atoms with Gasteiger partial charge in [-0.3, -0.25) is 14.8 Å². The second-order valence-electron chi connectivity index (χ2n) is 6.82. The first-order chi connectivity index (χ1) is 14.0. The lowest BCUT2D eigenvalue weighted by Crippen LogP contribution is -2.42. The maximum absolute atomic E-state index is 13.1. The molecule has 1 atom stereocenters. The summed E-state index contributed by atoms with van der Waals surface area (Å²) in [7, 11) is -4.21. The minimum atomic E-state index is -4.41. The fourth-order valence-electron chi connectivity index (χ4n) is 3.29. The van der Waals surface area contributed by atoms with E-state index < -0.39 is 44.2 Å². The van der Waals surface area contributed by atoms with Gasteiger partial charge in [0.1, 0.15) is 5.69 Å². The first-order valence-electron chi connectivity index (χ1n) is 8.86. The van der Waals surface area contributed by atoms with Crippen molar-refractivity contribution in [3.8, 4) is 0 Å². The van der Waals surface area contributed by atoms with Crippen LogP contribution in [-0.4, -0.2) is 32.6 Å². The topological polar surface area (TPSA) is 92.5 Å². The zero-order valence-electron chi connectivity index (χ0n) is 15.4. The molecule has 7 nitrogen and oxygen atoms in total. The van der Waals surface area contributed by atoms with E-state index in [2.05, 4.69) is 4.72 Å². The molecule has 0 radical (unpaired) electrons. The molecule has 0 unspecified atom stereocenters. The average Bonchev–Trinajstić information content (AvgIpc) is 2.68. The predicted molar refractivity (Wildman–Crippen MR) is 106 cm³/mol. The smallest absolute Gasteiger partial charge is 0.365 e. The maximum Gasteiger partial charge on any atom is 0.393 e. The Morgan fingerprint density at radius 2 is 1.90 bits per heavy atom. The Morgan fingerprint density at radius 3 is 2.53 bits per heavy atom. The maximum atomic E-state index is 13.1. The van der Waals surface area contributed by atoms with Gasteiger partial charge in [0.15, 0.2) is 0 Å². The summed E-state index contributed by atoms with van der Waals surface area (Å²) in [6.07, 6.45) is -4.24. The molecule has 1 aliphatic rings. The Bertz CT molecular complexity index is 1060. The highest BCUT2D eigenvalue weighted by molar-refractivity contribution is 7.92. The van der Waals surface area contributed by atoms with Gasteiger partial charge in [-0.25, -0.2) is 8.42 Å². The van der Waals surface area contributed by atoms with Crippen molar-refractivity contribution < 1.29 is 26.5 Å². The summed E-state index contributed by atoms with van der Waals surface area (Å²) in [5.74, 6) is -1.60. The molecule has 1 N–H and O–H groups in total. The van der Waals surface area contributed by atoms with Crippen molar-refractivity contribution in [2.45, 2.75) is 23.9 Å². The van der Waals surface area contributed by atoms with Crippen LogP contribution >= 0.6 is 11.6 Å². The number of sulfonamides is 1. The Hall–Kier alpha value is -2.53. The number of hydrogen-bond donors (Lipinski definition) is 1. The van der Waals surface area contributed by atoms with Gasteiger partial charge in [0, 0.05) is 19.2 Å². The quantitative estimate of drug-likeness (QED) is 0.506. The second-order valence-corrected chi connectivity index (χ2v) is 8.91. The average molecular weight is 464 g/mol. The molecule has 2 aromatic rings. The molecular formula is C18H17ClF3N3O4S. The Kier molecular flexibility index (Phi) is 6.14. The van der Waals surface area contributed by atoms with Crippen LogP contribution in [0.15, 0.2) is 47.4 Å². The molecule has 1 aliphatic heterocycles. The van der Waals surface area contributed by atoms with Crippen molar-refractivity contribution in [1.29, 1.82) is 0 Å². The van der Waals surface area contributed by atoms with Gasteiger partial charge < -0.3 is 4.90 Å². The largest absolute Gasteiger partial charge is 0.393 e. The van der Waals surface area contributed by atoms with E-state index in [4.69, 9.17) is 11.6 Å². The monoisotopic (exact) mass is 463 g/mol. The van der Waals surface area contributed by atoms with Crippen LogP contribution in [-0.2, 0) is 10.0 Å². The molecule has 12 heteroatoms. The first-order valence-corrected chi connectivity index (χ1v) is 10.7. The summed E-state index contributed by atoms with van der Waals surface area (Å²) in [6.45, 7) is -0.217. The Labute approximate surface area is 175 Å². The number of nitrogens with zero attached hydrogens (tertiary/aromatic N) is 2. The summed E-state index contributed by atoms with van der Waals surface area (Å²) in [6, 6.07) is 9.18. The van der Waals surface area contributed by atoms with Crippen LogP contribution in [0.1, 0.15) is 12.8 Å². The molecule has 0 spiro atoms. The van der Waals surface area contributed by atoms with Crippen molar-refractivity contribution in [3.05, 3.63) is 57.6 Å². The number of nitro groups is 1. The molecule has 3 rings (SSSR count). The Morgan fingerprint density at radius 1 is 1.20 bits per heavy atom. The SMILES string of the molecule is O=[N+]([O-])c1cc(S(=O)(=O)Nc2ccccc2Cl)ccc1N1CCC[C@@H](C(F)(F)F)C1. The zero-order chi connectivity index (χ0) is 22.1. The number of alkyl halides is 3. The number of hydrogen-bond acceptors (Lipinski definition) is 5. The van der Waals surface area contributed by atoms with E-state index in [0.29, 0.717) is 0 Å². The molecule has 0 aliphatic carbocycles. The minimum absolute atomic E-state index is 0.0503. The van der Waals surface area contributed by atoms with Crippen LogP contribution < -0.4 is 9.62 Å². The molecule has 1 saturated heterocycles. The molecule has 30 heavy (non-hydrogen) atoms. The van der Waals surface area contributed by atoms with Gasteiger partial charge >= 0.3 is 6.18 Å². The van der Waals surface area contributed by atoms with Crippen LogP contribution in [0, 0.1) is 16.0 Å². The van der Waals surface area contributed by atoms with Gasteiger partial charge in [-0.2, -0.15) is 13.2 Å². The van der Waals surface area contributed by atoms with Gasteiger partial charge in [0.05, 0.1) is 26.4 Å². The molecule has 0 amide bonds. The van der Waals surface area contributed by atoms with Crippen molar-refractivity contribution >= 4 is 38.7 Å². The van der Waals surface area contributed by atoms with E-state index in [1.807, 2.05) is 0 Å². The number of halogens is 4. The van der Waals surface area contributed by atoms with Crippen LogP contribution in [0.4, 0.5) is 30.2 Å². The highest BCUT2D eigenvalue weighted by Crippen LogP contribution is 2.38. The Balaban J connectivity index is 1.94. The van der Waals surface area contributed by atoms with Crippen LogP contribution in [0.25, 0.3) is 0 Å². The standard InChI is InChI=1S/C18H17ClF3N3O4S/c19-14-5-1-2-6-15(14)23-30(28,29)13-7-8-16(17(10-13)25(26)27)24-9-3-4-12(11-24)18(20,21)22/h1-2,5-8,10,12,23H,3-4,9,11H2/t12-/m1/s1. The lowest BCUT2D eigenvalue weighted by molar-refractivity contribution is -0.384. The number of benzene rings is 2. The molecule has 1 heterocycles. The molecule has 1 fully saturated rings. The lowest BCUT2D eigenvalue weighted by Gasteiger charge is -2.35. The summed E-state index contributed by atoms with van der Waals surface area (Å²) in [5.41, 5.74) is -0.541. The highest BCUT2D eigenvalue weighted by Gasteiger charge is 2.42. The third-order valence-corrected chi connectivity index (χ3v) is 6.49. The predicted octanol–water partition coefficient (Wildman–Crippen LogP) is 4.83. The third-order valence-electron chi connectivity index (χ3n) is 4.80. The third kappa shape index (κ3) is 4.78. The highest BCUT2D eigenvalue weighted by atomic mass is 35.5. The van der Waals surface area contributed by atoms with Crippen LogP contribution in [0.2, 0.25) is 5.02 Å². The lowest BCUT2D eigenvalue weighted by atomic mass is 9.97. The van der Waals surface area contributed by atoms with Gasteiger partial charge in [0.2, 0.25) is 0 Å². The van der Waals surface area contributed by atoms with Crippen molar-refractivity contribution in [3.63, 3.8) is 0 Å². The molecule has 162 valence electrons. The number of nitro benzene ring substituents is 1. The fraction of sp³-hybridized carbons (Fsp3) is 0.333. The van der Waals surface area contributed by atoms with E-state index in [0.717, 1.165) is 18.2 Å². The molecule has 0 aromatic heterocycles. The first kappa shape index (κ1) is 22.2. The van der Waals surface area contributed by atoms with Crippen LogP contribution in [0.3, 0.4) is 0 Å². The van der Waals surface area contributed by atoms with E-state index >= 15 is 0 Å². The van der Waals surface area contributed by atoms with Gasteiger partial charge in [0.25, 0.3) is 15.7 Å². The molecular weight excluding hydrogens is 447 g/mol. The second kappa shape index (κ2) is 8.31. The number of piperidine rings is 1. The summed E-state index contributed by atoms with van der Waals surface area (Å²) < 4.78 is 66.8. The van der Waals surface area contributed by atoms with E-state index in [1.54, 1.807) is 12.1 Å². The van der Waals surface area contributed by atoms with E-state index in [-0.39, 0.29) is 35.8 Å². The van der Waals surface area contributed by atoms with Crippen LogP contribution in [0.5, 0.6) is 0 Å². The van der Waals surface area contributed by atoms with E-state index in [9.17, 15) is 31.7 Å². The zero-order valence-corrected chi connectivity index (χ0v) is 17.0. The summed E-state index contributed by atoms with van der Waals surface area (Å²) in [5, 5.41) is 11.7. The van der Waals surface area contributed by atoms with Crippen molar-refractivity contribution in [2.75, 3.05) is 22.7 Å². The van der Waals surface area contributed by atoms with Crippen molar-refractivity contribution in [2.24, 2.45) is 5.92 Å².